The van der Waals surface area contributed by atoms with Crippen LogP contribution in [0.3, 0.4) is 0 Å². The van der Waals surface area contributed by atoms with Crippen molar-refractivity contribution in [1.82, 2.24) is 29.5 Å². The van der Waals surface area contributed by atoms with E-state index in [1.54, 1.807) is 10.7 Å². The molecule has 0 aliphatic heterocycles. The third-order valence-corrected chi connectivity index (χ3v) is 5.64. The molecular formula is C25H23N7O2. The number of aryl methyl sites for hydroxylation is 1. The van der Waals surface area contributed by atoms with Gasteiger partial charge in [-0.1, -0.05) is 55.5 Å². The summed E-state index contributed by atoms with van der Waals surface area (Å²) < 4.78 is 3.04. The Morgan fingerprint density at radius 1 is 1.06 bits per heavy atom. The van der Waals surface area contributed by atoms with E-state index in [1.807, 2.05) is 74.5 Å². The minimum absolute atomic E-state index is 0.160. The molecule has 3 heterocycles. The molecule has 34 heavy (non-hydrogen) atoms. The molecule has 3 aromatic heterocycles. The fraction of sp³-hybridized carbons (Fsp3) is 0.160. The Morgan fingerprint density at radius 2 is 1.76 bits per heavy atom. The number of amides is 1. The molecule has 1 amide bonds. The second-order valence-corrected chi connectivity index (χ2v) is 7.96. The van der Waals surface area contributed by atoms with Crippen molar-refractivity contribution in [2.45, 2.75) is 26.2 Å². The van der Waals surface area contributed by atoms with Gasteiger partial charge in [0.05, 0.1) is 23.5 Å². The number of benzene rings is 2. The van der Waals surface area contributed by atoms with E-state index in [0.717, 1.165) is 11.3 Å². The average Bonchev–Trinajstić information content (AvgIpc) is 3.44. The number of aromatic amines is 1. The first kappa shape index (κ1) is 21.3. The van der Waals surface area contributed by atoms with Crippen LogP contribution in [0.5, 0.6) is 0 Å². The second-order valence-electron chi connectivity index (χ2n) is 7.96. The zero-order chi connectivity index (χ0) is 23.7. The van der Waals surface area contributed by atoms with Crippen LogP contribution in [0.25, 0.3) is 22.7 Å². The molecule has 5 rings (SSSR count). The van der Waals surface area contributed by atoms with Gasteiger partial charge < -0.3 is 5.32 Å². The summed E-state index contributed by atoms with van der Waals surface area (Å²) in [6.07, 6.45) is 2.13. The Labute approximate surface area is 195 Å². The smallest absolute Gasteiger partial charge is 0.263 e. The van der Waals surface area contributed by atoms with Crippen LogP contribution in [0, 0.1) is 6.92 Å². The molecule has 9 nitrogen and oxygen atoms in total. The number of anilines is 1. The van der Waals surface area contributed by atoms with Crippen LogP contribution in [0.1, 0.15) is 30.5 Å². The van der Waals surface area contributed by atoms with Gasteiger partial charge in [-0.15, -0.1) is 0 Å². The number of nitrogens with one attached hydrogen (secondary N) is 2. The maximum Gasteiger partial charge on any atom is 0.263 e. The summed E-state index contributed by atoms with van der Waals surface area (Å²) in [4.78, 5) is 33.4. The highest BCUT2D eigenvalue weighted by molar-refractivity contribution is 5.95. The van der Waals surface area contributed by atoms with Crippen LogP contribution < -0.4 is 10.9 Å². The van der Waals surface area contributed by atoms with Crippen LogP contribution in [-0.4, -0.2) is 35.4 Å². The molecule has 9 heteroatoms. The van der Waals surface area contributed by atoms with Gasteiger partial charge in [-0.2, -0.15) is 19.9 Å². The standard InChI is InChI=1S/C25H23N7O2/c1-3-19(17-10-6-4-7-11-17)23(33)27-21-14-16(2)30-32(21)25-28-22-20(24(34)29-25)15-26-31(22)18-12-8-5-9-13-18/h4-15,19H,3H2,1-2H3,(H,27,33)(H,28,29,34). The highest BCUT2D eigenvalue weighted by Crippen LogP contribution is 2.23. The molecule has 0 radical (unpaired) electrons. The number of carbonyl (C=O) groups is 1. The lowest BCUT2D eigenvalue weighted by molar-refractivity contribution is -0.117. The lowest BCUT2D eigenvalue weighted by atomic mass is 9.96. The SMILES string of the molecule is CCC(C(=O)Nc1cc(C)nn1-c1nc2c(cnn2-c2ccccc2)c(=O)[nH]1)c1ccccc1. The van der Waals surface area contributed by atoms with E-state index in [9.17, 15) is 9.59 Å². The number of para-hydroxylation sites is 1. The first-order valence-corrected chi connectivity index (χ1v) is 11.0. The van der Waals surface area contributed by atoms with Crippen LogP contribution >= 0.6 is 0 Å². The highest BCUT2D eigenvalue weighted by Gasteiger charge is 2.22. The van der Waals surface area contributed by atoms with Gasteiger partial charge in [0.1, 0.15) is 11.2 Å². The molecule has 0 saturated heterocycles. The highest BCUT2D eigenvalue weighted by atomic mass is 16.2. The summed E-state index contributed by atoms with van der Waals surface area (Å²) in [5.74, 6) is 0.128. The van der Waals surface area contributed by atoms with Crippen molar-refractivity contribution in [2.24, 2.45) is 0 Å². The predicted molar refractivity (Wildman–Crippen MR) is 129 cm³/mol. The molecule has 170 valence electrons. The molecule has 1 atom stereocenters. The van der Waals surface area contributed by atoms with Crippen LogP contribution in [0.4, 0.5) is 5.82 Å². The minimum Gasteiger partial charge on any atom is -0.310 e. The summed E-state index contributed by atoms with van der Waals surface area (Å²) in [6, 6.07) is 20.8. The minimum atomic E-state index is -0.344. The van der Waals surface area contributed by atoms with Gasteiger partial charge in [0.2, 0.25) is 11.9 Å². The van der Waals surface area contributed by atoms with Gasteiger partial charge in [0, 0.05) is 6.07 Å². The van der Waals surface area contributed by atoms with E-state index in [1.165, 1.54) is 10.9 Å². The molecule has 0 bridgehead atoms. The van der Waals surface area contributed by atoms with E-state index >= 15 is 0 Å². The van der Waals surface area contributed by atoms with Gasteiger partial charge in [0.25, 0.3) is 5.56 Å². The number of carbonyl (C=O) groups excluding carboxylic acids is 1. The van der Waals surface area contributed by atoms with E-state index in [0.29, 0.717) is 29.0 Å². The maximum absolute atomic E-state index is 13.2. The topological polar surface area (TPSA) is 110 Å². The molecule has 2 aromatic carbocycles. The quantitative estimate of drug-likeness (QED) is 0.407. The molecule has 0 saturated carbocycles. The summed E-state index contributed by atoms with van der Waals surface area (Å²) in [5, 5.41) is 12.1. The van der Waals surface area contributed by atoms with Crippen molar-refractivity contribution >= 4 is 22.8 Å². The first-order chi connectivity index (χ1) is 16.5. The van der Waals surface area contributed by atoms with Crippen LogP contribution in [0.15, 0.2) is 77.7 Å². The number of rotatable bonds is 6. The number of hydrogen-bond acceptors (Lipinski definition) is 5. The summed E-state index contributed by atoms with van der Waals surface area (Å²) in [5.41, 5.74) is 2.43. The number of hydrogen-bond donors (Lipinski definition) is 2. The Kier molecular flexibility index (Phi) is 5.51. The van der Waals surface area contributed by atoms with Crippen molar-refractivity contribution in [3.63, 3.8) is 0 Å². The van der Waals surface area contributed by atoms with E-state index in [4.69, 9.17) is 0 Å². The molecular weight excluding hydrogens is 430 g/mol. The lowest BCUT2D eigenvalue weighted by Crippen LogP contribution is -2.23. The molecule has 0 fully saturated rings. The zero-order valence-corrected chi connectivity index (χ0v) is 18.8. The van der Waals surface area contributed by atoms with Gasteiger partial charge in [0.15, 0.2) is 5.65 Å². The fourth-order valence-corrected chi connectivity index (χ4v) is 3.99. The van der Waals surface area contributed by atoms with E-state index in [-0.39, 0.29) is 23.3 Å². The van der Waals surface area contributed by atoms with Crippen LogP contribution in [-0.2, 0) is 4.79 Å². The van der Waals surface area contributed by atoms with Gasteiger partial charge >= 0.3 is 0 Å². The Hall–Kier alpha value is -4.53. The molecule has 5 aromatic rings. The van der Waals surface area contributed by atoms with Crippen molar-refractivity contribution in [2.75, 3.05) is 5.32 Å². The monoisotopic (exact) mass is 453 g/mol. The predicted octanol–water partition coefficient (Wildman–Crippen LogP) is 3.74. The Bertz CT molecular complexity index is 1520. The molecule has 0 aliphatic carbocycles. The van der Waals surface area contributed by atoms with Crippen molar-refractivity contribution in [3.8, 4) is 11.6 Å². The summed E-state index contributed by atoms with van der Waals surface area (Å²) in [6.45, 7) is 3.78. The third-order valence-electron chi connectivity index (χ3n) is 5.64. The molecule has 2 N–H and O–H groups in total. The number of nitrogens with zero attached hydrogens (tertiary/aromatic N) is 5. The normalized spacial score (nSPS) is 12.1. The molecule has 1 unspecified atom stereocenters. The third kappa shape index (κ3) is 3.88. The van der Waals surface area contributed by atoms with Gasteiger partial charge in [-0.25, -0.2) is 4.68 Å². The Balaban J connectivity index is 1.55. The van der Waals surface area contributed by atoms with Gasteiger partial charge in [-0.05, 0) is 31.0 Å². The van der Waals surface area contributed by atoms with Crippen molar-refractivity contribution in [3.05, 3.63) is 94.5 Å². The number of aromatic nitrogens is 6. The molecule has 0 spiro atoms. The number of H-pyrrole nitrogens is 1. The van der Waals surface area contributed by atoms with Crippen molar-refractivity contribution < 1.29 is 4.79 Å². The van der Waals surface area contributed by atoms with E-state index in [2.05, 4.69) is 25.5 Å². The second kappa shape index (κ2) is 8.78. The maximum atomic E-state index is 13.2. The van der Waals surface area contributed by atoms with Gasteiger partial charge in [-0.3, -0.25) is 14.6 Å². The lowest BCUT2D eigenvalue weighted by Gasteiger charge is -2.16. The van der Waals surface area contributed by atoms with Crippen LogP contribution in [0.2, 0.25) is 0 Å². The first-order valence-electron chi connectivity index (χ1n) is 11.0. The Morgan fingerprint density at radius 3 is 2.47 bits per heavy atom. The summed E-state index contributed by atoms with van der Waals surface area (Å²) >= 11 is 0. The van der Waals surface area contributed by atoms with Crippen molar-refractivity contribution in [1.29, 1.82) is 0 Å². The zero-order valence-electron chi connectivity index (χ0n) is 18.8. The fourth-order valence-electron chi connectivity index (χ4n) is 3.99. The van der Waals surface area contributed by atoms with E-state index < -0.39 is 0 Å². The summed E-state index contributed by atoms with van der Waals surface area (Å²) in [7, 11) is 0. The largest absolute Gasteiger partial charge is 0.310 e. The average molecular weight is 454 g/mol. The molecule has 0 aliphatic rings. The number of fused-ring (bicyclic) bond motifs is 1.